The molecule has 0 saturated carbocycles. The number of nitrogens with one attached hydrogen (secondary N) is 1. The number of carbonyl (C=O) groups is 1. The van der Waals surface area contributed by atoms with E-state index in [2.05, 4.69) is 5.32 Å². The zero-order valence-electron chi connectivity index (χ0n) is 12.8. The van der Waals surface area contributed by atoms with Crippen molar-refractivity contribution in [2.45, 2.75) is 5.75 Å². The van der Waals surface area contributed by atoms with Crippen LogP contribution in [0.4, 0.5) is 15.8 Å². The van der Waals surface area contributed by atoms with Gasteiger partial charge in [-0.25, -0.2) is 0 Å². The minimum absolute atomic E-state index is 0.169. The standard InChI is InChI=1S/C16H15FN2O4S/c1-23-13-4-2-3-11(7-13)9-24-10-16(20)18-12-5-6-14(17)15(8-12)19(21)22/h2-8H,9-10H2,1H3,(H,18,20). The molecule has 2 aromatic carbocycles. The quantitative estimate of drug-likeness (QED) is 0.609. The van der Waals surface area contributed by atoms with Gasteiger partial charge in [0.1, 0.15) is 5.75 Å². The fourth-order valence-corrected chi connectivity index (χ4v) is 2.73. The number of amides is 1. The Hall–Kier alpha value is -2.61. The van der Waals surface area contributed by atoms with Crippen molar-refractivity contribution in [3.05, 3.63) is 64.0 Å². The highest BCUT2D eigenvalue weighted by atomic mass is 32.2. The monoisotopic (exact) mass is 350 g/mol. The number of nitrogens with zero attached hydrogens (tertiary/aromatic N) is 1. The SMILES string of the molecule is COc1cccc(CSCC(=O)Nc2ccc(F)c([N+](=O)[O-])c2)c1. The average Bonchev–Trinajstić information content (AvgIpc) is 2.56. The third-order valence-corrected chi connectivity index (χ3v) is 4.07. The molecule has 0 spiro atoms. The number of ether oxygens (including phenoxy) is 1. The maximum atomic E-state index is 13.2. The molecule has 0 aromatic heterocycles. The second-order valence-electron chi connectivity index (χ2n) is 4.82. The van der Waals surface area contributed by atoms with E-state index in [1.807, 2.05) is 24.3 Å². The number of benzene rings is 2. The molecule has 2 aromatic rings. The molecule has 0 aliphatic heterocycles. The highest BCUT2D eigenvalue weighted by molar-refractivity contribution is 7.99. The summed E-state index contributed by atoms with van der Waals surface area (Å²) in [5, 5.41) is 13.2. The number of methoxy groups -OCH3 is 1. The highest BCUT2D eigenvalue weighted by Crippen LogP contribution is 2.22. The van der Waals surface area contributed by atoms with Crippen LogP contribution in [0, 0.1) is 15.9 Å². The van der Waals surface area contributed by atoms with Gasteiger partial charge in [-0.05, 0) is 29.8 Å². The third-order valence-electron chi connectivity index (χ3n) is 3.06. The van der Waals surface area contributed by atoms with Gasteiger partial charge in [-0.3, -0.25) is 14.9 Å². The van der Waals surface area contributed by atoms with E-state index in [4.69, 9.17) is 4.74 Å². The van der Waals surface area contributed by atoms with Crippen molar-refractivity contribution in [1.82, 2.24) is 0 Å². The van der Waals surface area contributed by atoms with Crippen LogP contribution >= 0.6 is 11.8 Å². The average molecular weight is 350 g/mol. The lowest BCUT2D eigenvalue weighted by molar-refractivity contribution is -0.387. The Morgan fingerprint density at radius 3 is 2.83 bits per heavy atom. The van der Waals surface area contributed by atoms with Crippen LogP contribution in [-0.2, 0) is 10.5 Å². The van der Waals surface area contributed by atoms with Gasteiger partial charge >= 0.3 is 5.69 Å². The van der Waals surface area contributed by atoms with Gasteiger partial charge in [0.05, 0.1) is 17.8 Å². The third kappa shape index (κ3) is 4.95. The predicted octanol–water partition coefficient (Wildman–Crippen LogP) is 3.61. The maximum Gasteiger partial charge on any atom is 0.306 e. The molecule has 1 N–H and O–H groups in total. The topological polar surface area (TPSA) is 81.5 Å². The van der Waals surface area contributed by atoms with E-state index in [0.717, 1.165) is 23.4 Å². The van der Waals surface area contributed by atoms with E-state index in [9.17, 15) is 19.3 Å². The molecule has 0 saturated heterocycles. The van der Waals surface area contributed by atoms with Gasteiger partial charge in [-0.15, -0.1) is 11.8 Å². The lowest BCUT2D eigenvalue weighted by Gasteiger charge is -2.06. The van der Waals surface area contributed by atoms with Gasteiger partial charge in [0.2, 0.25) is 11.7 Å². The minimum Gasteiger partial charge on any atom is -0.497 e. The maximum absolute atomic E-state index is 13.2. The van der Waals surface area contributed by atoms with Crippen molar-refractivity contribution < 1.29 is 18.8 Å². The fourth-order valence-electron chi connectivity index (χ4n) is 1.95. The molecule has 0 unspecified atom stereocenters. The molecule has 126 valence electrons. The first-order chi connectivity index (χ1) is 11.5. The van der Waals surface area contributed by atoms with Crippen LogP contribution in [0.15, 0.2) is 42.5 Å². The summed E-state index contributed by atoms with van der Waals surface area (Å²) in [6, 6.07) is 10.8. The Balaban J connectivity index is 1.87. The molecule has 1 amide bonds. The van der Waals surface area contributed by atoms with Gasteiger partial charge < -0.3 is 10.1 Å². The molecule has 8 heteroatoms. The van der Waals surface area contributed by atoms with Crippen LogP contribution < -0.4 is 10.1 Å². The zero-order valence-corrected chi connectivity index (χ0v) is 13.6. The van der Waals surface area contributed by atoms with Crippen molar-refractivity contribution in [3.63, 3.8) is 0 Å². The number of hydrogen-bond acceptors (Lipinski definition) is 5. The molecular weight excluding hydrogens is 335 g/mol. The molecular formula is C16H15FN2O4S. The van der Waals surface area contributed by atoms with E-state index < -0.39 is 16.4 Å². The summed E-state index contributed by atoms with van der Waals surface area (Å²) < 4.78 is 18.4. The molecule has 0 aliphatic carbocycles. The molecule has 24 heavy (non-hydrogen) atoms. The normalized spacial score (nSPS) is 10.2. The predicted molar refractivity (Wildman–Crippen MR) is 90.8 cm³/mol. The molecule has 6 nitrogen and oxygen atoms in total. The molecule has 0 aliphatic rings. The molecule has 0 fully saturated rings. The molecule has 2 rings (SSSR count). The van der Waals surface area contributed by atoms with Crippen LogP contribution in [-0.4, -0.2) is 23.7 Å². The van der Waals surface area contributed by atoms with Gasteiger partial charge in [-0.2, -0.15) is 4.39 Å². The number of nitro groups is 1. The molecule has 0 heterocycles. The van der Waals surface area contributed by atoms with Crippen molar-refractivity contribution in [1.29, 1.82) is 0 Å². The lowest BCUT2D eigenvalue weighted by Crippen LogP contribution is -2.14. The first kappa shape index (κ1) is 17.7. The summed E-state index contributed by atoms with van der Waals surface area (Å²) in [7, 11) is 1.58. The van der Waals surface area contributed by atoms with Gasteiger partial charge in [0, 0.05) is 17.5 Å². The number of anilines is 1. The van der Waals surface area contributed by atoms with Gasteiger partial charge in [0.25, 0.3) is 0 Å². The Bertz CT molecular complexity index is 755. The Morgan fingerprint density at radius 2 is 2.12 bits per heavy atom. The van der Waals surface area contributed by atoms with Crippen molar-refractivity contribution in [2.75, 3.05) is 18.2 Å². The number of halogens is 1. The summed E-state index contributed by atoms with van der Waals surface area (Å²) >= 11 is 1.39. The summed E-state index contributed by atoms with van der Waals surface area (Å²) in [6.07, 6.45) is 0. The molecule has 0 atom stereocenters. The summed E-state index contributed by atoms with van der Waals surface area (Å²) in [4.78, 5) is 21.7. The van der Waals surface area contributed by atoms with E-state index in [1.54, 1.807) is 7.11 Å². The van der Waals surface area contributed by atoms with Crippen molar-refractivity contribution >= 4 is 29.0 Å². The van der Waals surface area contributed by atoms with Crippen LogP contribution in [0.2, 0.25) is 0 Å². The van der Waals surface area contributed by atoms with Gasteiger partial charge in [-0.1, -0.05) is 12.1 Å². The van der Waals surface area contributed by atoms with E-state index in [-0.39, 0.29) is 17.3 Å². The number of nitro benzene ring substituents is 1. The zero-order chi connectivity index (χ0) is 17.5. The Morgan fingerprint density at radius 1 is 1.33 bits per heavy atom. The smallest absolute Gasteiger partial charge is 0.306 e. The first-order valence-electron chi connectivity index (χ1n) is 6.94. The summed E-state index contributed by atoms with van der Waals surface area (Å²) in [5.74, 6) is 0.279. The number of hydrogen-bond donors (Lipinski definition) is 1. The van der Waals surface area contributed by atoms with Gasteiger partial charge in [0.15, 0.2) is 0 Å². The second kappa shape index (κ2) is 8.30. The van der Waals surface area contributed by atoms with Crippen LogP contribution in [0.1, 0.15) is 5.56 Å². The van der Waals surface area contributed by atoms with Crippen molar-refractivity contribution in [2.24, 2.45) is 0 Å². The molecule has 0 radical (unpaired) electrons. The van der Waals surface area contributed by atoms with Crippen LogP contribution in [0.5, 0.6) is 5.75 Å². The summed E-state index contributed by atoms with van der Waals surface area (Å²) in [5.41, 5.74) is 0.538. The Labute approximate surface area is 142 Å². The van der Waals surface area contributed by atoms with E-state index >= 15 is 0 Å². The number of carbonyl (C=O) groups excluding carboxylic acids is 1. The second-order valence-corrected chi connectivity index (χ2v) is 5.80. The van der Waals surface area contributed by atoms with Crippen molar-refractivity contribution in [3.8, 4) is 5.75 Å². The largest absolute Gasteiger partial charge is 0.497 e. The molecule has 0 bridgehead atoms. The lowest BCUT2D eigenvalue weighted by atomic mass is 10.2. The first-order valence-corrected chi connectivity index (χ1v) is 8.09. The van der Waals surface area contributed by atoms with E-state index in [1.165, 1.54) is 17.8 Å². The van der Waals surface area contributed by atoms with Crippen LogP contribution in [0.3, 0.4) is 0 Å². The number of rotatable bonds is 7. The number of thioether (sulfide) groups is 1. The summed E-state index contributed by atoms with van der Waals surface area (Å²) in [6.45, 7) is 0. The fraction of sp³-hybridized carbons (Fsp3) is 0.188. The highest BCUT2D eigenvalue weighted by Gasteiger charge is 2.15. The van der Waals surface area contributed by atoms with Crippen LogP contribution in [0.25, 0.3) is 0 Å². The Kier molecular flexibility index (Phi) is 6.14. The van der Waals surface area contributed by atoms with E-state index in [0.29, 0.717) is 5.75 Å². The minimum atomic E-state index is -0.939.